The van der Waals surface area contributed by atoms with Crippen molar-refractivity contribution < 1.29 is 48.0 Å². The van der Waals surface area contributed by atoms with Crippen LogP contribution in [0.1, 0.15) is 0 Å². The van der Waals surface area contributed by atoms with Crippen molar-refractivity contribution in [3.05, 3.63) is 0 Å². The predicted octanol–water partition coefficient (Wildman–Crippen LogP) is -2.33. The normalized spacial score (nSPS) is 10.8. The molecule has 0 spiro atoms. The number of hydrogen-bond acceptors (Lipinski definition) is 12. The van der Waals surface area contributed by atoms with Gasteiger partial charge >= 0.3 is 29.8 Å². The molecule has 0 atom stereocenters. The van der Waals surface area contributed by atoms with Crippen molar-refractivity contribution in [1.29, 1.82) is 0 Å². The minimum atomic E-state index is -1.08. The van der Waals surface area contributed by atoms with E-state index in [1.165, 1.54) is 38.2 Å². The number of nitrogens with zero attached hydrogens (tertiary/aromatic N) is 3. The molecule has 0 bridgehead atoms. The maximum Gasteiger partial charge on any atom is 0.319 e. The molecule has 178 valence electrons. The van der Waals surface area contributed by atoms with Crippen molar-refractivity contribution in [3.8, 4) is 0 Å². The fourth-order valence-electron chi connectivity index (χ4n) is 2.44. The van der Waals surface area contributed by atoms with Crippen LogP contribution in [0.3, 0.4) is 0 Å². The second-order valence-corrected chi connectivity index (χ2v) is 6.40. The van der Waals surface area contributed by atoms with Crippen molar-refractivity contribution in [1.82, 2.24) is 14.7 Å². The molecule has 13 nitrogen and oxygen atoms in total. The van der Waals surface area contributed by atoms with E-state index < -0.39 is 29.8 Å². The van der Waals surface area contributed by atoms with Crippen molar-refractivity contribution >= 4 is 29.8 Å². The highest BCUT2D eigenvalue weighted by molar-refractivity contribution is 5.75. The molecule has 0 heterocycles. The second kappa shape index (κ2) is 16.0. The Morgan fingerprint density at radius 1 is 0.516 bits per heavy atom. The van der Waals surface area contributed by atoms with Gasteiger partial charge in [0.25, 0.3) is 0 Å². The van der Waals surface area contributed by atoms with Crippen LogP contribution in [0.4, 0.5) is 0 Å². The Balaban J connectivity index is 5.07. The summed E-state index contributed by atoms with van der Waals surface area (Å²) in [5.41, 5.74) is 0. The first-order chi connectivity index (χ1) is 14.6. The summed E-state index contributed by atoms with van der Waals surface area (Å²) < 4.78 is 18.4. The molecule has 0 fully saturated rings. The summed E-state index contributed by atoms with van der Waals surface area (Å²) >= 11 is 0. The number of hydrogen-bond donors (Lipinski definition) is 1. The molecule has 13 heteroatoms. The summed E-state index contributed by atoms with van der Waals surface area (Å²) in [4.78, 5) is 62.0. The van der Waals surface area contributed by atoms with E-state index in [-0.39, 0.29) is 58.9 Å². The number of ether oxygens (including phenoxy) is 4. The number of carbonyl (C=O) groups excluding carboxylic acids is 4. The van der Waals surface area contributed by atoms with Gasteiger partial charge in [0, 0.05) is 26.2 Å². The fourth-order valence-corrected chi connectivity index (χ4v) is 2.44. The smallest absolute Gasteiger partial charge is 0.319 e. The highest BCUT2D eigenvalue weighted by atomic mass is 16.5. The van der Waals surface area contributed by atoms with Crippen LogP contribution in [0.2, 0.25) is 0 Å². The monoisotopic (exact) mass is 449 g/mol. The van der Waals surface area contributed by atoms with E-state index in [9.17, 15) is 29.1 Å². The second-order valence-electron chi connectivity index (χ2n) is 6.40. The number of esters is 4. The van der Waals surface area contributed by atoms with Gasteiger partial charge in [-0.05, 0) is 0 Å². The first kappa shape index (κ1) is 28.2. The summed E-state index contributed by atoms with van der Waals surface area (Å²) in [7, 11) is 4.86. The number of carbonyl (C=O) groups is 5. The van der Waals surface area contributed by atoms with Crippen LogP contribution in [0.15, 0.2) is 0 Å². The van der Waals surface area contributed by atoms with Crippen LogP contribution in [0.25, 0.3) is 0 Å². The Labute approximate surface area is 180 Å². The van der Waals surface area contributed by atoms with Gasteiger partial charge in [-0.15, -0.1) is 0 Å². The third-order valence-electron chi connectivity index (χ3n) is 4.15. The molecule has 0 aliphatic carbocycles. The van der Waals surface area contributed by atoms with Gasteiger partial charge in [0.1, 0.15) is 0 Å². The number of methoxy groups -OCH3 is 4. The summed E-state index contributed by atoms with van der Waals surface area (Å²) in [6.07, 6.45) is 0. The number of carboxylic acid groups (broad SMARTS) is 1. The predicted molar refractivity (Wildman–Crippen MR) is 105 cm³/mol. The quantitative estimate of drug-likeness (QED) is 0.198. The van der Waals surface area contributed by atoms with Crippen LogP contribution in [0, 0.1) is 0 Å². The highest BCUT2D eigenvalue weighted by Gasteiger charge is 2.20. The summed E-state index contributed by atoms with van der Waals surface area (Å²) in [5.74, 6) is -3.32. The van der Waals surface area contributed by atoms with Gasteiger partial charge < -0.3 is 24.1 Å². The van der Waals surface area contributed by atoms with Gasteiger partial charge in [-0.3, -0.25) is 38.7 Å². The van der Waals surface area contributed by atoms with Crippen LogP contribution in [0.5, 0.6) is 0 Å². The molecule has 0 aromatic heterocycles. The van der Waals surface area contributed by atoms with E-state index in [1.54, 1.807) is 4.90 Å². The molecule has 1 N–H and O–H groups in total. The molecular weight excluding hydrogens is 418 g/mol. The van der Waals surface area contributed by atoms with Crippen LogP contribution in [-0.2, 0) is 42.9 Å². The number of aliphatic carboxylic acids is 1. The molecule has 31 heavy (non-hydrogen) atoms. The Kier molecular flexibility index (Phi) is 14.6. The van der Waals surface area contributed by atoms with Crippen LogP contribution >= 0.6 is 0 Å². The molecule has 0 aromatic rings. The number of carboxylic acids is 1. The van der Waals surface area contributed by atoms with E-state index in [0.29, 0.717) is 0 Å². The highest BCUT2D eigenvalue weighted by Crippen LogP contribution is 1.99. The summed E-state index contributed by atoms with van der Waals surface area (Å²) in [6.45, 7) is -0.319. The lowest BCUT2D eigenvalue weighted by Gasteiger charge is -2.27. The lowest BCUT2D eigenvalue weighted by atomic mass is 10.3. The van der Waals surface area contributed by atoms with Gasteiger partial charge in [-0.2, -0.15) is 0 Å². The SMILES string of the molecule is COC(=O)CN(CCN(CCN(CC(=O)OC)CC(=O)OC)CC(=O)O)CC(=O)OC. The maximum atomic E-state index is 11.6. The topological polar surface area (TPSA) is 152 Å². The molecule has 0 unspecified atom stereocenters. The lowest BCUT2D eigenvalue weighted by Crippen LogP contribution is -2.45. The van der Waals surface area contributed by atoms with E-state index in [2.05, 4.69) is 18.9 Å². The zero-order chi connectivity index (χ0) is 23.8. The van der Waals surface area contributed by atoms with Crippen LogP contribution < -0.4 is 0 Å². The number of rotatable bonds is 16. The molecule has 0 aromatic carbocycles. The Hall–Kier alpha value is -2.77. The van der Waals surface area contributed by atoms with Gasteiger partial charge in [-0.1, -0.05) is 0 Å². The van der Waals surface area contributed by atoms with Crippen molar-refractivity contribution in [2.24, 2.45) is 0 Å². The van der Waals surface area contributed by atoms with E-state index in [4.69, 9.17) is 0 Å². The third-order valence-corrected chi connectivity index (χ3v) is 4.15. The first-order valence-corrected chi connectivity index (χ1v) is 9.31. The van der Waals surface area contributed by atoms with Gasteiger partial charge in [0.05, 0.1) is 61.2 Å². The zero-order valence-electron chi connectivity index (χ0n) is 18.3. The molecular formula is C18H31N3O10. The fraction of sp³-hybridized carbons (Fsp3) is 0.722. The minimum Gasteiger partial charge on any atom is -0.480 e. The molecule has 0 amide bonds. The molecule has 0 saturated heterocycles. The largest absolute Gasteiger partial charge is 0.480 e. The van der Waals surface area contributed by atoms with Crippen molar-refractivity contribution in [2.75, 3.05) is 87.3 Å². The molecule has 0 saturated carbocycles. The van der Waals surface area contributed by atoms with Crippen molar-refractivity contribution in [2.45, 2.75) is 0 Å². The lowest BCUT2D eigenvalue weighted by molar-refractivity contribution is -0.147. The zero-order valence-corrected chi connectivity index (χ0v) is 18.3. The van der Waals surface area contributed by atoms with Crippen molar-refractivity contribution in [3.63, 3.8) is 0 Å². The Morgan fingerprint density at radius 3 is 1.00 bits per heavy atom. The average molecular weight is 449 g/mol. The van der Waals surface area contributed by atoms with Gasteiger partial charge in [0.2, 0.25) is 0 Å². The Bertz CT molecular complexity index is 533. The molecule has 0 aliphatic rings. The van der Waals surface area contributed by atoms with Crippen LogP contribution in [-0.4, -0.2) is 137 Å². The van der Waals surface area contributed by atoms with E-state index >= 15 is 0 Å². The minimum absolute atomic E-state index is 0.172. The third kappa shape index (κ3) is 14.0. The van der Waals surface area contributed by atoms with E-state index in [1.807, 2.05) is 0 Å². The molecule has 0 radical (unpaired) electrons. The standard InChI is InChI=1S/C18H31N3O10/c1-28-15(24)10-20(11-16(25)29-2)7-5-19(9-14(22)23)6-8-21(12-17(26)30-3)13-18(27)31-4/h5-13H2,1-4H3,(H,22,23). The van der Waals surface area contributed by atoms with E-state index in [0.717, 1.165) is 0 Å². The van der Waals surface area contributed by atoms with Gasteiger partial charge in [0.15, 0.2) is 0 Å². The molecule has 0 rings (SSSR count). The average Bonchev–Trinajstić information content (AvgIpc) is 2.74. The Morgan fingerprint density at radius 2 is 0.774 bits per heavy atom. The summed E-state index contributed by atoms with van der Waals surface area (Å²) in [5, 5.41) is 9.18. The summed E-state index contributed by atoms with van der Waals surface area (Å²) in [6, 6.07) is 0. The first-order valence-electron chi connectivity index (χ1n) is 9.31. The van der Waals surface area contributed by atoms with Gasteiger partial charge in [-0.25, -0.2) is 0 Å². The maximum absolute atomic E-state index is 11.6. The molecule has 0 aliphatic heterocycles.